The summed E-state index contributed by atoms with van der Waals surface area (Å²) < 4.78 is 0. The first-order valence-electron chi connectivity index (χ1n) is 8.56. The van der Waals surface area contributed by atoms with Gasteiger partial charge in [-0.2, -0.15) is 0 Å². The van der Waals surface area contributed by atoms with Crippen molar-refractivity contribution in [2.24, 2.45) is 0 Å². The summed E-state index contributed by atoms with van der Waals surface area (Å²) in [6.07, 6.45) is 3.73. The number of piperazine rings is 1. The van der Waals surface area contributed by atoms with E-state index < -0.39 is 0 Å². The molecular weight excluding hydrogens is 352 g/mol. The van der Waals surface area contributed by atoms with Crippen LogP contribution < -0.4 is 15.5 Å². The molecule has 1 saturated heterocycles. The summed E-state index contributed by atoms with van der Waals surface area (Å²) in [5.74, 6) is 0.751. The van der Waals surface area contributed by atoms with E-state index in [1.165, 1.54) is 0 Å². The highest BCUT2D eigenvalue weighted by molar-refractivity contribution is 7.09. The van der Waals surface area contributed by atoms with Gasteiger partial charge in [-0.3, -0.25) is 4.79 Å². The van der Waals surface area contributed by atoms with Crippen molar-refractivity contribution in [3.05, 3.63) is 40.8 Å². The molecule has 2 aromatic heterocycles. The number of amides is 3. The number of hydrogen-bond donors (Lipinski definition) is 2. The second-order valence-electron chi connectivity index (χ2n) is 5.86. The number of thiophene rings is 1. The smallest absolute Gasteiger partial charge is 0.315 e. The fourth-order valence-electron chi connectivity index (χ4n) is 2.69. The third-order valence-electron chi connectivity index (χ3n) is 4.10. The van der Waals surface area contributed by atoms with Gasteiger partial charge in [0.1, 0.15) is 0 Å². The summed E-state index contributed by atoms with van der Waals surface area (Å²) in [7, 11) is 0. The lowest BCUT2D eigenvalue weighted by molar-refractivity contribution is -0.131. The molecule has 0 aliphatic carbocycles. The third-order valence-corrected chi connectivity index (χ3v) is 4.97. The van der Waals surface area contributed by atoms with Crippen LogP contribution in [0.25, 0.3) is 0 Å². The molecule has 138 valence electrons. The van der Waals surface area contributed by atoms with Crippen molar-refractivity contribution in [1.29, 1.82) is 0 Å². The first kappa shape index (κ1) is 18.1. The molecule has 0 radical (unpaired) electrons. The average Bonchev–Trinajstić information content (AvgIpc) is 3.21. The minimum absolute atomic E-state index is 0.0530. The Morgan fingerprint density at radius 3 is 2.54 bits per heavy atom. The van der Waals surface area contributed by atoms with Crippen molar-refractivity contribution in [2.75, 3.05) is 37.6 Å². The summed E-state index contributed by atoms with van der Waals surface area (Å²) in [5, 5.41) is 7.47. The predicted octanol–water partition coefficient (Wildman–Crippen LogP) is 1.08. The van der Waals surface area contributed by atoms with E-state index in [9.17, 15) is 9.59 Å². The van der Waals surface area contributed by atoms with Crippen LogP contribution in [0.15, 0.2) is 36.0 Å². The van der Waals surface area contributed by atoms with Crippen molar-refractivity contribution >= 4 is 29.2 Å². The molecule has 1 fully saturated rings. The van der Waals surface area contributed by atoms with Crippen LogP contribution in [0.2, 0.25) is 0 Å². The van der Waals surface area contributed by atoms with Crippen LogP contribution >= 0.6 is 11.3 Å². The summed E-state index contributed by atoms with van der Waals surface area (Å²) in [5.41, 5.74) is 0. The van der Waals surface area contributed by atoms with Crippen LogP contribution in [0, 0.1) is 0 Å². The fraction of sp³-hybridized carbons (Fsp3) is 0.412. The highest BCUT2D eigenvalue weighted by Gasteiger charge is 2.22. The van der Waals surface area contributed by atoms with Crippen LogP contribution in [0.4, 0.5) is 10.7 Å². The molecule has 1 aliphatic heterocycles. The molecule has 3 amide bonds. The maximum Gasteiger partial charge on any atom is 0.315 e. The number of carbonyl (C=O) groups excluding carboxylic acids is 2. The Morgan fingerprint density at radius 2 is 1.85 bits per heavy atom. The highest BCUT2D eigenvalue weighted by atomic mass is 32.1. The molecule has 26 heavy (non-hydrogen) atoms. The van der Waals surface area contributed by atoms with Gasteiger partial charge in [-0.05, 0) is 17.5 Å². The van der Waals surface area contributed by atoms with Crippen LogP contribution in [0.5, 0.6) is 0 Å². The minimum Gasteiger partial charge on any atom is -0.339 e. The molecule has 2 N–H and O–H groups in total. The SMILES string of the molecule is O=C(NCCC(=O)N1CCN(c2ncccn2)CC1)NCc1cccs1. The maximum atomic E-state index is 12.3. The normalized spacial score (nSPS) is 14.2. The Balaban J connectivity index is 1.32. The molecule has 8 nitrogen and oxygen atoms in total. The number of nitrogens with zero attached hydrogens (tertiary/aromatic N) is 4. The molecule has 0 unspecified atom stereocenters. The van der Waals surface area contributed by atoms with Gasteiger partial charge in [0.2, 0.25) is 11.9 Å². The summed E-state index contributed by atoms with van der Waals surface area (Å²) in [6.45, 7) is 3.54. The van der Waals surface area contributed by atoms with Gasteiger partial charge < -0.3 is 20.4 Å². The number of hydrogen-bond acceptors (Lipinski definition) is 6. The summed E-state index contributed by atoms with van der Waals surface area (Å²) in [6, 6.07) is 5.45. The second kappa shape index (κ2) is 9.14. The zero-order chi connectivity index (χ0) is 18.2. The molecular formula is C17H22N6O2S. The molecule has 0 atom stereocenters. The van der Waals surface area contributed by atoms with Gasteiger partial charge in [0.15, 0.2) is 0 Å². The number of aromatic nitrogens is 2. The molecule has 0 saturated carbocycles. The van der Waals surface area contributed by atoms with E-state index in [-0.39, 0.29) is 11.9 Å². The first-order chi connectivity index (χ1) is 12.7. The van der Waals surface area contributed by atoms with Crippen molar-refractivity contribution in [3.63, 3.8) is 0 Å². The zero-order valence-electron chi connectivity index (χ0n) is 14.4. The van der Waals surface area contributed by atoms with Crippen molar-refractivity contribution in [3.8, 4) is 0 Å². The molecule has 3 heterocycles. The Morgan fingerprint density at radius 1 is 1.08 bits per heavy atom. The number of rotatable bonds is 6. The Bertz CT molecular complexity index is 701. The fourth-order valence-corrected chi connectivity index (χ4v) is 3.34. The quantitative estimate of drug-likeness (QED) is 0.790. The van der Waals surface area contributed by atoms with E-state index in [2.05, 4.69) is 25.5 Å². The zero-order valence-corrected chi connectivity index (χ0v) is 15.2. The van der Waals surface area contributed by atoms with Crippen LogP contribution in [-0.2, 0) is 11.3 Å². The van der Waals surface area contributed by atoms with Gasteiger partial charge in [-0.1, -0.05) is 6.07 Å². The molecule has 9 heteroatoms. The predicted molar refractivity (Wildman–Crippen MR) is 100.0 cm³/mol. The third kappa shape index (κ3) is 5.16. The van der Waals surface area contributed by atoms with Crippen molar-refractivity contribution in [2.45, 2.75) is 13.0 Å². The molecule has 0 aromatic carbocycles. The van der Waals surface area contributed by atoms with Crippen LogP contribution in [0.3, 0.4) is 0 Å². The van der Waals surface area contributed by atoms with E-state index in [0.717, 1.165) is 4.88 Å². The van der Waals surface area contributed by atoms with Gasteiger partial charge in [-0.15, -0.1) is 11.3 Å². The molecule has 1 aliphatic rings. The molecule has 3 rings (SSSR count). The largest absolute Gasteiger partial charge is 0.339 e. The number of anilines is 1. The van der Waals surface area contributed by atoms with Crippen molar-refractivity contribution < 1.29 is 9.59 Å². The van der Waals surface area contributed by atoms with E-state index in [1.807, 2.05) is 22.4 Å². The van der Waals surface area contributed by atoms with Gasteiger partial charge in [0, 0.05) is 56.4 Å². The van der Waals surface area contributed by atoms with E-state index in [1.54, 1.807) is 29.8 Å². The number of carbonyl (C=O) groups is 2. The average molecular weight is 374 g/mol. The highest BCUT2D eigenvalue weighted by Crippen LogP contribution is 2.10. The van der Waals surface area contributed by atoms with Gasteiger partial charge in [-0.25, -0.2) is 14.8 Å². The first-order valence-corrected chi connectivity index (χ1v) is 9.44. The second-order valence-corrected chi connectivity index (χ2v) is 6.89. The Hall–Kier alpha value is -2.68. The van der Waals surface area contributed by atoms with Crippen LogP contribution in [-0.4, -0.2) is 59.5 Å². The summed E-state index contributed by atoms with van der Waals surface area (Å²) in [4.78, 5) is 37.5. The Kier molecular flexibility index (Phi) is 6.37. The van der Waals surface area contributed by atoms with Crippen molar-refractivity contribution in [1.82, 2.24) is 25.5 Å². The van der Waals surface area contributed by atoms with E-state index in [0.29, 0.717) is 51.6 Å². The lowest BCUT2D eigenvalue weighted by Crippen LogP contribution is -2.49. The van der Waals surface area contributed by atoms with Crippen LogP contribution in [0.1, 0.15) is 11.3 Å². The van der Waals surface area contributed by atoms with Gasteiger partial charge in [0.25, 0.3) is 0 Å². The van der Waals surface area contributed by atoms with Gasteiger partial charge >= 0.3 is 6.03 Å². The topological polar surface area (TPSA) is 90.5 Å². The van der Waals surface area contributed by atoms with E-state index in [4.69, 9.17) is 0 Å². The minimum atomic E-state index is -0.253. The van der Waals surface area contributed by atoms with E-state index >= 15 is 0 Å². The number of nitrogens with one attached hydrogen (secondary N) is 2. The monoisotopic (exact) mass is 374 g/mol. The Labute approximate surface area is 156 Å². The standard InChI is InChI=1S/C17H22N6O2S/c24-15(4-7-20-17(25)21-13-14-3-1-12-26-14)22-8-10-23(11-9-22)16-18-5-2-6-19-16/h1-3,5-6,12H,4,7-11,13H2,(H2,20,21,25). The lowest BCUT2D eigenvalue weighted by Gasteiger charge is -2.34. The molecule has 0 bridgehead atoms. The lowest BCUT2D eigenvalue weighted by atomic mass is 10.3. The molecule has 0 spiro atoms. The maximum absolute atomic E-state index is 12.3. The summed E-state index contributed by atoms with van der Waals surface area (Å²) >= 11 is 1.59. The molecule has 2 aromatic rings. The number of urea groups is 1. The van der Waals surface area contributed by atoms with Gasteiger partial charge in [0.05, 0.1) is 6.54 Å².